The van der Waals surface area contributed by atoms with E-state index in [1.165, 1.54) is 6.07 Å². The average molecular weight is 407 g/mol. The Hall–Kier alpha value is -2.41. The van der Waals surface area contributed by atoms with Crippen LogP contribution in [0.5, 0.6) is 0 Å². The van der Waals surface area contributed by atoms with Gasteiger partial charge in [0.15, 0.2) is 0 Å². The summed E-state index contributed by atoms with van der Waals surface area (Å²) in [6.07, 6.45) is 2.96. The van der Waals surface area contributed by atoms with Gasteiger partial charge in [0, 0.05) is 30.9 Å². The van der Waals surface area contributed by atoms with Crippen LogP contribution in [0.25, 0.3) is 11.3 Å². The fraction of sp³-hybridized carbons (Fsp3) is 0.450. The number of hydrogen-bond donors (Lipinski definition) is 1. The summed E-state index contributed by atoms with van der Waals surface area (Å²) in [6.45, 7) is 6.82. The summed E-state index contributed by atoms with van der Waals surface area (Å²) in [5.41, 5.74) is 0.748. The number of halogens is 2. The number of likely N-dealkylation sites (tertiary alicyclic amines) is 1. The zero-order valence-electron chi connectivity index (χ0n) is 16.2. The predicted molar refractivity (Wildman–Crippen MR) is 107 cm³/mol. The molecule has 0 atom stereocenters. The molecule has 1 amide bonds. The molecule has 0 radical (unpaired) electrons. The monoisotopic (exact) mass is 406 g/mol. The molecule has 3 heterocycles. The first-order chi connectivity index (χ1) is 13.2. The Kier molecular flexibility index (Phi) is 6.03. The molecule has 1 N–H and O–H groups in total. The van der Waals surface area contributed by atoms with Gasteiger partial charge in [-0.3, -0.25) is 0 Å². The lowest BCUT2D eigenvalue weighted by molar-refractivity contribution is 0.0210. The molecule has 1 fully saturated rings. The van der Waals surface area contributed by atoms with Crippen LogP contribution in [-0.4, -0.2) is 45.7 Å². The van der Waals surface area contributed by atoms with E-state index in [1.807, 2.05) is 26.8 Å². The first-order valence-corrected chi connectivity index (χ1v) is 9.62. The molecular formula is C20H24ClFN4O2. The number of nitrogens with zero attached hydrogens (tertiary/aromatic N) is 3. The van der Waals surface area contributed by atoms with Crippen LogP contribution in [0.2, 0.25) is 5.02 Å². The highest BCUT2D eigenvalue weighted by atomic mass is 35.5. The van der Waals surface area contributed by atoms with Crippen LogP contribution in [0, 0.1) is 5.95 Å². The fourth-order valence-electron chi connectivity index (χ4n) is 2.99. The van der Waals surface area contributed by atoms with Gasteiger partial charge in [0.25, 0.3) is 0 Å². The van der Waals surface area contributed by atoms with Gasteiger partial charge in [-0.2, -0.15) is 4.39 Å². The van der Waals surface area contributed by atoms with E-state index in [4.69, 9.17) is 16.3 Å². The SMILES string of the molecule is CC(C)(C)OC(=O)N1CCC(Nc2cc(-c3ccc(Cl)c(F)n3)ccn2)CC1. The number of pyridine rings is 2. The Balaban J connectivity index is 1.60. The van der Waals surface area contributed by atoms with Crippen molar-refractivity contribution in [1.29, 1.82) is 0 Å². The van der Waals surface area contributed by atoms with E-state index in [1.54, 1.807) is 23.2 Å². The van der Waals surface area contributed by atoms with Gasteiger partial charge >= 0.3 is 6.09 Å². The second-order valence-electron chi connectivity index (χ2n) is 7.78. The molecule has 0 aliphatic carbocycles. The second-order valence-corrected chi connectivity index (χ2v) is 8.19. The van der Waals surface area contributed by atoms with Crippen LogP contribution < -0.4 is 5.32 Å². The van der Waals surface area contributed by atoms with Crippen molar-refractivity contribution in [3.63, 3.8) is 0 Å². The van der Waals surface area contributed by atoms with Crippen LogP contribution in [0.1, 0.15) is 33.6 Å². The van der Waals surface area contributed by atoms with Crippen LogP contribution in [0.4, 0.5) is 15.0 Å². The van der Waals surface area contributed by atoms with Crippen molar-refractivity contribution >= 4 is 23.5 Å². The molecule has 6 nitrogen and oxygen atoms in total. The number of hydrogen-bond acceptors (Lipinski definition) is 5. The van der Waals surface area contributed by atoms with Gasteiger partial charge < -0.3 is 15.0 Å². The largest absolute Gasteiger partial charge is 0.444 e. The molecule has 0 aromatic carbocycles. The summed E-state index contributed by atoms with van der Waals surface area (Å²) in [5.74, 6) is -0.00891. The van der Waals surface area contributed by atoms with Gasteiger partial charge in [0.05, 0.1) is 10.7 Å². The van der Waals surface area contributed by atoms with Gasteiger partial charge in [0.1, 0.15) is 11.4 Å². The van der Waals surface area contributed by atoms with Crippen LogP contribution >= 0.6 is 11.6 Å². The van der Waals surface area contributed by atoms with Gasteiger partial charge in [-0.25, -0.2) is 14.8 Å². The topological polar surface area (TPSA) is 67.3 Å². The molecular weight excluding hydrogens is 383 g/mol. The molecule has 2 aromatic rings. The summed E-state index contributed by atoms with van der Waals surface area (Å²) >= 11 is 5.70. The Morgan fingerprint density at radius 1 is 1.29 bits per heavy atom. The predicted octanol–water partition coefficient (Wildman–Crippen LogP) is 4.75. The van der Waals surface area contributed by atoms with E-state index < -0.39 is 11.5 Å². The maximum Gasteiger partial charge on any atom is 0.410 e. The fourth-order valence-corrected chi connectivity index (χ4v) is 3.09. The lowest BCUT2D eigenvalue weighted by atomic mass is 10.1. The van der Waals surface area contributed by atoms with Gasteiger partial charge in [0.2, 0.25) is 5.95 Å². The van der Waals surface area contributed by atoms with E-state index in [0.717, 1.165) is 18.4 Å². The molecule has 0 saturated carbocycles. The zero-order chi connectivity index (χ0) is 20.3. The first kappa shape index (κ1) is 20.3. The van der Waals surface area contributed by atoms with Crippen LogP contribution in [0.15, 0.2) is 30.5 Å². The summed E-state index contributed by atoms with van der Waals surface area (Å²) in [5, 5.41) is 3.38. The Labute approximate surface area is 169 Å². The minimum atomic E-state index is -0.694. The molecule has 0 spiro atoms. The summed E-state index contributed by atoms with van der Waals surface area (Å²) in [6, 6.07) is 6.95. The first-order valence-electron chi connectivity index (χ1n) is 9.24. The average Bonchev–Trinajstić information content (AvgIpc) is 2.63. The Morgan fingerprint density at radius 2 is 2.00 bits per heavy atom. The Bertz CT molecular complexity index is 848. The second kappa shape index (κ2) is 8.31. The van der Waals surface area contributed by atoms with Crippen LogP contribution in [-0.2, 0) is 4.74 Å². The van der Waals surface area contributed by atoms with E-state index >= 15 is 0 Å². The summed E-state index contributed by atoms with van der Waals surface area (Å²) < 4.78 is 19.0. The molecule has 150 valence electrons. The quantitative estimate of drug-likeness (QED) is 0.745. The lowest BCUT2D eigenvalue weighted by Crippen LogP contribution is -2.44. The molecule has 1 aliphatic heterocycles. The molecule has 28 heavy (non-hydrogen) atoms. The number of aromatic nitrogens is 2. The van der Waals surface area contributed by atoms with E-state index in [2.05, 4.69) is 15.3 Å². The van der Waals surface area contributed by atoms with Crippen molar-refractivity contribution in [2.75, 3.05) is 18.4 Å². The van der Waals surface area contributed by atoms with Crippen molar-refractivity contribution in [1.82, 2.24) is 14.9 Å². The third-order valence-electron chi connectivity index (χ3n) is 4.36. The number of anilines is 1. The molecule has 8 heteroatoms. The number of nitrogens with one attached hydrogen (secondary N) is 1. The van der Waals surface area contributed by atoms with E-state index in [0.29, 0.717) is 24.6 Å². The highest BCUT2D eigenvalue weighted by Crippen LogP contribution is 2.24. The number of carbonyl (C=O) groups is 1. The summed E-state index contributed by atoms with van der Waals surface area (Å²) in [7, 11) is 0. The number of piperidine rings is 1. The minimum Gasteiger partial charge on any atom is -0.444 e. The highest BCUT2D eigenvalue weighted by molar-refractivity contribution is 6.30. The molecule has 1 saturated heterocycles. The maximum absolute atomic E-state index is 13.6. The molecule has 3 rings (SSSR count). The third-order valence-corrected chi connectivity index (χ3v) is 4.64. The highest BCUT2D eigenvalue weighted by Gasteiger charge is 2.27. The van der Waals surface area contributed by atoms with Crippen molar-refractivity contribution in [2.24, 2.45) is 0 Å². The van der Waals surface area contributed by atoms with Gasteiger partial charge in [-0.15, -0.1) is 0 Å². The number of amides is 1. The van der Waals surface area contributed by atoms with Gasteiger partial charge in [-0.1, -0.05) is 11.6 Å². The van der Waals surface area contributed by atoms with Crippen LogP contribution in [0.3, 0.4) is 0 Å². The van der Waals surface area contributed by atoms with Crippen molar-refractivity contribution in [3.05, 3.63) is 41.4 Å². The Morgan fingerprint density at radius 3 is 2.64 bits per heavy atom. The summed E-state index contributed by atoms with van der Waals surface area (Å²) in [4.78, 5) is 22.1. The number of rotatable bonds is 3. The zero-order valence-corrected chi connectivity index (χ0v) is 17.0. The number of ether oxygens (including phenoxy) is 1. The molecule has 0 unspecified atom stereocenters. The maximum atomic E-state index is 13.6. The van der Waals surface area contributed by atoms with E-state index in [9.17, 15) is 9.18 Å². The smallest absolute Gasteiger partial charge is 0.410 e. The minimum absolute atomic E-state index is 0.00657. The standard InChI is InChI=1S/C20H24ClFN4O2/c1-20(2,3)28-19(27)26-10-7-14(8-11-26)24-17-12-13(6-9-23-17)16-5-4-15(21)18(22)25-16/h4-6,9,12,14H,7-8,10-11H2,1-3H3,(H,23,24). The normalized spacial score (nSPS) is 15.4. The molecule has 1 aliphatic rings. The van der Waals surface area contributed by atoms with Crippen molar-refractivity contribution in [2.45, 2.75) is 45.3 Å². The lowest BCUT2D eigenvalue weighted by Gasteiger charge is -2.33. The van der Waals surface area contributed by atoms with Crippen molar-refractivity contribution in [3.8, 4) is 11.3 Å². The molecule has 0 bridgehead atoms. The van der Waals surface area contributed by atoms with Gasteiger partial charge in [-0.05, 0) is 57.9 Å². The van der Waals surface area contributed by atoms with Crippen molar-refractivity contribution < 1.29 is 13.9 Å². The number of carbonyl (C=O) groups excluding carboxylic acids is 1. The third kappa shape index (κ3) is 5.32. The molecule has 2 aromatic heterocycles. The van der Waals surface area contributed by atoms with E-state index in [-0.39, 0.29) is 17.2 Å².